The number of nitrogens with zero attached hydrogens (tertiary/aromatic N) is 4. The first kappa shape index (κ1) is 19.2. The average molecular weight is 446 g/mol. The zero-order valence-electron chi connectivity index (χ0n) is 14.1. The summed E-state index contributed by atoms with van der Waals surface area (Å²) in [5, 5.41) is 28.6. The number of anilines is 1. The molecule has 0 aliphatic carbocycles. The van der Waals surface area contributed by atoms with Gasteiger partial charge in [0.2, 0.25) is 0 Å². The van der Waals surface area contributed by atoms with Gasteiger partial charge in [0.25, 0.3) is 17.3 Å². The van der Waals surface area contributed by atoms with E-state index in [-0.39, 0.29) is 5.56 Å². The van der Waals surface area contributed by atoms with Crippen LogP contribution in [0.5, 0.6) is 0 Å². The van der Waals surface area contributed by atoms with E-state index in [0.29, 0.717) is 12.2 Å². The summed E-state index contributed by atoms with van der Waals surface area (Å²) in [4.78, 5) is 32.7. The maximum atomic E-state index is 12.4. The monoisotopic (exact) mass is 445 g/mol. The minimum absolute atomic E-state index is 0.193. The minimum atomic E-state index is -0.792. The van der Waals surface area contributed by atoms with Crippen LogP contribution in [0.15, 0.2) is 59.3 Å². The lowest BCUT2D eigenvalue weighted by atomic mass is 10.1. The summed E-state index contributed by atoms with van der Waals surface area (Å²) in [5.41, 5.74) is 0.0897. The van der Waals surface area contributed by atoms with Gasteiger partial charge in [0.15, 0.2) is 0 Å². The summed E-state index contributed by atoms with van der Waals surface area (Å²) in [6.07, 6.45) is 3.01. The van der Waals surface area contributed by atoms with E-state index in [1.54, 1.807) is 10.9 Å². The van der Waals surface area contributed by atoms with Gasteiger partial charge in [-0.25, -0.2) is 0 Å². The molecule has 0 saturated heterocycles. The number of hydrogen-bond donors (Lipinski definition) is 1. The fourth-order valence-electron chi connectivity index (χ4n) is 2.43. The molecule has 2 aromatic carbocycles. The fourth-order valence-corrected chi connectivity index (χ4v) is 2.70. The predicted octanol–water partition coefficient (Wildman–Crippen LogP) is 3.76. The lowest BCUT2D eigenvalue weighted by Gasteiger charge is -2.04. The third kappa shape index (κ3) is 4.57. The van der Waals surface area contributed by atoms with Crippen molar-refractivity contribution in [2.24, 2.45) is 0 Å². The summed E-state index contributed by atoms with van der Waals surface area (Å²) in [7, 11) is 0. The Kier molecular flexibility index (Phi) is 5.45. The molecule has 0 radical (unpaired) electrons. The lowest BCUT2D eigenvalue weighted by molar-refractivity contribution is -0.394. The highest BCUT2D eigenvalue weighted by atomic mass is 79.9. The second-order valence-electron chi connectivity index (χ2n) is 5.76. The van der Waals surface area contributed by atoms with E-state index in [1.807, 2.05) is 24.3 Å². The molecule has 0 saturated carbocycles. The van der Waals surface area contributed by atoms with Crippen LogP contribution in [-0.2, 0) is 6.54 Å². The molecule has 1 aromatic heterocycles. The Bertz CT molecular complexity index is 1030. The van der Waals surface area contributed by atoms with Gasteiger partial charge in [-0.1, -0.05) is 28.1 Å². The standard InChI is InChI=1S/C17H12BrN5O5/c18-13-3-1-11(2-4-13)9-21-10-14(8-19-21)20-17(24)12-5-15(22(25)26)7-16(6-12)23(27)28/h1-8,10H,9H2,(H,20,24). The normalized spacial score (nSPS) is 10.5. The second kappa shape index (κ2) is 7.96. The van der Waals surface area contributed by atoms with Crippen LogP contribution in [0.25, 0.3) is 0 Å². The molecule has 1 heterocycles. The lowest BCUT2D eigenvalue weighted by Crippen LogP contribution is -2.12. The number of aromatic nitrogens is 2. The molecule has 3 rings (SSSR count). The van der Waals surface area contributed by atoms with Crippen molar-refractivity contribution in [3.05, 3.63) is 90.7 Å². The van der Waals surface area contributed by atoms with Crippen LogP contribution in [0.2, 0.25) is 0 Å². The third-order valence-corrected chi connectivity index (χ3v) is 4.26. The average Bonchev–Trinajstić information content (AvgIpc) is 3.10. The number of hydrogen-bond acceptors (Lipinski definition) is 6. The molecule has 0 spiro atoms. The SMILES string of the molecule is O=C(Nc1cnn(Cc2ccc(Br)cc2)c1)c1cc([N+](=O)[O-])cc([N+](=O)[O-])c1. The zero-order valence-corrected chi connectivity index (χ0v) is 15.7. The first-order chi connectivity index (χ1) is 13.3. The Labute approximate surface area is 166 Å². The number of rotatable bonds is 6. The van der Waals surface area contributed by atoms with Crippen molar-refractivity contribution >= 4 is 38.9 Å². The van der Waals surface area contributed by atoms with Gasteiger partial charge in [0, 0.05) is 22.8 Å². The van der Waals surface area contributed by atoms with Crippen molar-refractivity contribution in [3.63, 3.8) is 0 Å². The van der Waals surface area contributed by atoms with Gasteiger partial charge in [-0.15, -0.1) is 0 Å². The highest BCUT2D eigenvalue weighted by Crippen LogP contribution is 2.23. The number of nitrogens with one attached hydrogen (secondary N) is 1. The molecular formula is C17H12BrN5O5. The van der Waals surface area contributed by atoms with Crippen LogP contribution in [0.3, 0.4) is 0 Å². The highest BCUT2D eigenvalue weighted by molar-refractivity contribution is 9.10. The Morgan fingerprint density at radius 2 is 1.68 bits per heavy atom. The third-order valence-electron chi connectivity index (χ3n) is 3.74. The molecule has 0 aliphatic heterocycles. The molecule has 0 fully saturated rings. The fraction of sp³-hybridized carbons (Fsp3) is 0.0588. The van der Waals surface area contributed by atoms with Crippen LogP contribution < -0.4 is 5.32 Å². The number of carbonyl (C=O) groups excluding carboxylic acids is 1. The molecule has 142 valence electrons. The van der Waals surface area contributed by atoms with Crippen molar-refractivity contribution in [3.8, 4) is 0 Å². The van der Waals surface area contributed by atoms with E-state index < -0.39 is 27.1 Å². The van der Waals surface area contributed by atoms with Gasteiger partial charge in [0.05, 0.1) is 39.9 Å². The molecule has 0 bridgehead atoms. The summed E-state index contributed by atoms with van der Waals surface area (Å²) in [6.45, 7) is 0.478. The van der Waals surface area contributed by atoms with E-state index in [2.05, 4.69) is 26.3 Å². The molecule has 0 aliphatic rings. The molecule has 0 atom stereocenters. The van der Waals surface area contributed by atoms with Gasteiger partial charge < -0.3 is 5.32 Å². The van der Waals surface area contributed by atoms with E-state index in [0.717, 1.165) is 28.2 Å². The van der Waals surface area contributed by atoms with E-state index in [4.69, 9.17) is 0 Å². The van der Waals surface area contributed by atoms with E-state index in [9.17, 15) is 25.0 Å². The van der Waals surface area contributed by atoms with Crippen molar-refractivity contribution in [1.82, 2.24) is 9.78 Å². The molecule has 1 amide bonds. The Morgan fingerprint density at radius 3 is 2.25 bits per heavy atom. The van der Waals surface area contributed by atoms with Crippen molar-refractivity contribution < 1.29 is 14.6 Å². The molecule has 11 heteroatoms. The van der Waals surface area contributed by atoms with Crippen LogP contribution in [-0.4, -0.2) is 25.5 Å². The largest absolute Gasteiger partial charge is 0.319 e. The first-order valence-electron chi connectivity index (χ1n) is 7.84. The number of benzene rings is 2. The van der Waals surface area contributed by atoms with E-state index in [1.165, 1.54) is 6.20 Å². The Morgan fingerprint density at radius 1 is 1.07 bits per heavy atom. The van der Waals surface area contributed by atoms with Crippen LogP contribution >= 0.6 is 15.9 Å². The maximum Gasteiger partial charge on any atom is 0.277 e. The van der Waals surface area contributed by atoms with Gasteiger partial charge in [-0.05, 0) is 17.7 Å². The summed E-state index contributed by atoms with van der Waals surface area (Å²) >= 11 is 3.36. The van der Waals surface area contributed by atoms with E-state index >= 15 is 0 Å². The minimum Gasteiger partial charge on any atom is -0.319 e. The molecule has 10 nitrogen and oxygen atoms in total. The highest BCUT2D eigenvalue weighted by Gasteiger charge is 2.20. The van der Waals surface area contributed by atoms with Crippen LogP contribution in [0, 0.1) is 20.2 Å². The van der Waals surface area contributed by atoms with Crippen molar-refractivity contribution in [2.45, 2.75) is 6.54 Å². The van der Waals surface area contributed by atoms with Gasteiger partial charge in [0.1, 0.15) is 0 Å². The predicted molar refractivity (Wildman–Crippen MR) is 103 cm³/mol. The van der Waals surface area contributed by atoms with Crippen molar-refractivity contribution in [1.29, 1.82) is 0 Å². The van der Waals surface area contributed by atoms with Gasteiger partial charge in [-0.2, -0.15) is 5.10 Å². The molecular weight excluding hydrogens is 434 g/mol. The quantitative estimate of drug-likeness (QED) is 0.453. The van der Waals surface area contributed by atoms with Gasteiger partial charge in [-0.3, -0.25) is 29.7 Å². The zero-order chi connectivity index (χ0) is 20.3. The molecule has 1 N–H and O–H groups in total. The topological polar surface area (TPSA) is 133 Å². The number of nitro benzene ring substituents is 2. The molecule has 28 heavy (non-hydrogen) atoms. The summed E-state index contributed by atoms with van der Waals surface area (Å²) in [6, 6.07) is 10.4. The number of nitro groups is 2. The number of halogens is 1. The summed E-state index contributed by atoms with van der Waals surface area (Å²) in [5.74, 6) is -0.713. The number of carbonyl (C=O) groups is 1. The first-order valence-corrected chi connectivity index (χ1v) is 8.63. The molecule has 0 unspecified atom stereocenters. The Balaban J connectivity index is 1.76. The van der Waals surface area contributed by atoms with Gasteiger partial charge >= 0.3 is 0 Å². The molecule has 3 aromatic rings. The maximum absolute atomic E-state index is 12.4. The summed E-state index contributed by atoms with van der Waals surface area (Å²) < 4.78 is 2.56. The van der Waals surface area contributed by atoms with Crippen molar-refractivity contribution in [2.75, 3.05) is 5.32 Å². The Hall–Kier alpha value is -3.60. The second-order valence-corrected chi connectivity index (χ2v) is 6.68. The van der Waals surface area contributed by atoms with Crippen LogP contribution in [0.4, 0.5) is 17.1 Å². The number of amides is 1. The smallest absolute Gasteiger partial charge is 0.277 e. The van der Waals surface area contributed by atoms with Crippen LogP contribution in [0.1, 0.15) is 15.9 Å². The number of non-ortho nitro benzene ring substituents is 2.